The van der Waals surface area contributed by atoms with Crippen molar-refractivity contribution in [2.45, 2.75) is 45.0 Å². The van der Waals surface area contributed by atoms with Gasteiger partial charge in [-0.25, -0.2) is 0 Å². The highest BCUT2D eigenvalue weighted by atomic mass is 16.5. The molecule has 3 aromatic rings. The number of β-amino-alcohol motifs (C(OH)–C–C–N with tert-alkyl or cyclic N) is 1. The summed E-state index contributed by atoms with van der Waals surface area (Å²) >= 11 is 0. The Balaban J connectivity index is 1.45. The Kier molecular flexibility index (Phi) is 6.20. The van der Waals surface area contributed by atoms with Gasteiger partial charge in [-0.1, -0.05) is 12.1 Å². The first kappa shape index (κ1) is 21.7. The highest BCUT2D eigenvalue weighted by molar-refractivity contribution is 5.94. The Morgan fingerprint density at radius 1 is 1.24 bits per heavy atom. The molecular weight excluding hydrogens is 420 g/mol. The molecule has 0 spiro atoms. The number of ether oxygens (including phenoxy) is 1. The Bertz CT molecular complexity index is 1110. The monoisotopic (exact) mass is 450 g/mol. The lowest BCUT2D eigenvalue weighted by atomic mass is 10.0. The van der Waals surface area contributed by atoms with E-state index in [0.29, 0.717) is 38.4 Å². The molecule has 8 heteroatoms. The minimum Gasteiger partial charge on any atom is -0.497 e. The first-order valence-corrected chi connectivity index (χ1v) is 11.5. The molecule has 4 heterocycles. The van der Waals surface area contributed by atoms with E-state index in [0.717, 1.165) is 54.1 Å². The average Bonchev–Trinajstić information content (AvgIpc) is 3.47. The van der Waals surface area contributed by atoms with Crippen molar-refractivity contribution >= 4 is 5.91 Å². The Morgan fingerprint density at radius 3 is 2.94 bits per heavy atom. The lowest BCUT2D eigenvalue weighted by molar-refractivity contribution is 0.0466. The standard InChI is InChI=1S/C25H30N4O4/c1-32-20-7-2-5-18(13-20)14-29-23-9-11-27(16-21-8-4-12-33-21)17-22(23)24(26-29)25(31)28-10-3-6-19(30)15-28/h2,4-5,7-8,12-13,19,30H,3,6,9-11,14-17H2,1H3/t19-/m1/s1. The van der Waals surface area contributed by atoms with Crippen LogP contribution >= 0.6 is 0 Å². The molecule has 1 atom stereocenters. The summed E-state index contributed by atoms with van der Waals surface area (Å²) in [6.45, 7) is 3.81. The number of aliphatic hydroxyl groups excluding tert-OH is 1. The zero-order valence-electron chi connectivity index (χ0n) is 18.9. The number of furan rings is 1. The van der Waals surface area contributed by atoms with Gasteiger partial charge in [0.05, 0.1) is 32.6 Å². The van der Waals surface area contributed by atoms with Crippen LogP contribution in [0.3, 0.4) is 0 Å². The lowest BCUT2D eigenvalue weighted by Crippen LogP contribution is -2.43. The van der Waals surface area contributed by atoms with Crippen LogP contribution in [-0.4, -0.2) is 63.4 Å². The van der Waals surface area contributed by atoms with Crippen LogP contribution in [0.5, 0.6) is 5.75 Å². The number of hydrogen-bond acceptors (Lipinski definition) is 6. The zero-order chi connectivity index (χ0) is 22.8. The van der Waals surface area contributed by atoms with Crippen molar-refractivity contribution in [2.75, 3.05) is 26.7 Å². The Labute approximate surface area is 193 Å². The SMILES string of the molecule is COc1cccc(Cn2nc(C(=O)N3CCC[C@@H](O)C3)c3c2CCN(Cc2ccco2)C3)c1. The second-order valence-corrected chi connectivity index (χ2v) is 8.87. The largest absolute Gasteiger partial charge is 0.497 e. The van der Waals surface area contributed by atoms with E-state index in [1.807, 2.05) is 41.1 Å². The molecule has 2 aliphatic rings. The number of aromatic nitrogens is 2. The minimum absolute atomic E-state index is 0.0887. The number of rotatable bonds is 6. The van der Waals surface area contributed by atoms with Crippen LogP contribution in [0.15, 0.2) is 47.1 Å². The number of carbonyl (C=O) groups is 1. The maximum Gasteiger partial charge on any atom is 0.274 e. The summed E-state index contributed by atoms with van der Waals surface area (Å²) in [5.74, 6) is 1.63. The molecular formula is C25H30N4O4. The Morgan fingerprint density at radius 2 is 2.15 bits per heavy atom. The second-order valence-electron chi connectivity index (χ2n) is 8.87. The van der Waals surface area contributed by atoms with Crippen LogP contribution in [0.2, 0.25) is 0 Å². The number of fused-ring (bicyclic) bond motifs is 1. The van der Waals surface area contributed by atoms with Crippen molar-refractivity contribution in [1.29, 1.82) is 0 Å². The van der Waals surface area contributed by atoms with Gasteiger partial charge >= 0.3 is 0 Å². The topological polar surface area (TPSA) is 84.0 Å². The summed E-state index contributed by atoms with van der Waals surface area (Å²) in [6, 6.07) is 11.8. The highest BCUT2D eigenvalue weighted by Crippen LogP contribution is 2.27. The molecule has 0 saturated carbocycles. The minimum atomic E-state index is -0.465. The fraction of sp³-hybridized carbons (Fsp3) is 0.440. The molecule has 0 bridgehead atoms. The van der Waals surface area contributed by atoms with E-state index in [2.05, 4.69) is 4.90 Å². The molecule has 8 nitrogen and oxygen atoms in total. The second kappa shape index (κ2) is 9.41. The van der Waals surface area contributed by atoms with Crippen molar-refractivity contribution in [3.05, 3.63) is 70.9 Å². The van der Waals surface area contributed by atoms with Gasteiger partial charge in [0.2, 0.25) is 0 Å². The van der Waals surface area contributed by atoms with Gasteiger partial charge in [-0.15, -0.1) is 0 Å². The van der Waals surface area contributed by atoms with E-state index < -0.39 is 6.10 Å². The Hall–Kier alpha value is -3.10. The highest BCUT2D eigenvalue weighted by Gasteiger charge is 2.32. The predicted octanol–water partition coefficient (Wildman–Crippen LogP) is 2.69. The smallest absolute Gasteiger partial charge is 0.274 e. The van der Waals surface area contributed by atoms with E-state index in [1.165, 1.54) is 0 Å². The predicted molar refractivity (Wildman–Crippen MR) is 122 cm³/mol. The summed E-state index contributed by atoms with van der Waals surface area (Å²) in [7, 11) is 1.66. The van der Waals surface area contributed by atoms with Gasteiger partial charge in [-0.3, -0.25) is 14.4 Å². The number of carbonyl (C=O) groups excluding carboxylic acids is 1. The van der Waals surface area contributed by atoms with Gasteiger partial charge < -0.3 is 19.2 Å². The molecule has 1 amide bonds. The van der Waals surface area contributed by atoms with Crippen molar-refractivity contribution in [1.82, 2.24) is 19.6 Å². The quantitative estimate of drug-likeness (QED) is 0.622. The molecule has 5 rings (SSSR count). The van der Waals surface area contributed by atoms with Gasteiger partial charge in [0.1, 0.15) is 11.5 Å². The van der Waals surface area contributed by atoms with E-state index in [4.69, 9.17) is 14.3 Å². The summed E-state index contributed by atoms with van der Waals surface area (Å²) in [5.41, 5.74) is 3.67. The van der Waals surface area contributed by atoms with E-state index in [1.54, 1.807) is 18.3 Å². The van der Waals surface area contributed by atoms with Crippen LogP contribution in [0.25, 0.3) is 0 Å². The number of likely N-dealkylation sites (tertiary alicyclic amines) is 1. The first-order chi connectivity index (χ1) is 16.1. The molecule has 0 radical (unpaired) electrons. The summed E-state index contributed by atoms with van der Waals surface area (Å²) < 4.78 is 12.9. The number of hydrogen-bond donors (Lipinski definition) is 1. The van der Waals surface area contributed by atoms with E-state index >= 15 is 0 Å². The third-order valence-corrected chi connectivity index (χ3v) is 6.53. The zero-order valence-corrected chi connectivity index (χ0v) is 18.9. The van der Waals surface area contributed by atoms with Crippen LogP contribution in [0.4, 0.5) is 0 Å². The van der Waals surface area contributed by atoms with Crippen molar-refractivity contribution in [2.24, 2.45) is 0 Å². The number of piperidine rings is 1. The third kappa shape index (κ3) is 4.67. The molecule has 0 unspecified atom stereocenters. The van der Waals surface area contributed by atoms with Gasteiger partial charge in [-0.2, -0.15) is 5.10 Å². The van der Waals surface area contributed by atoms with E-state index in [9.17, 15) is 9.90 Å². The van der Waals surface area contributed by atoms with Crippen LogP contribution < -0.4 is 4.74 Å². The third-order valence-electron chi connectivity index (χ3n) is 6.53. The van der Waals surface area contributed by atoms with E-state index in [-0.39, 0.29) is 5.91 Å². The summed E-state index contributed by atoms with van der Waals surface area (Å²) in [4.78, 5) is 17.5. The van der Waals surface area contributed by atoms with Crippen LogP contribution in [0.1, 0.15) is 45.9 Å². The molecule has 174 valence electrons. The normalized spacial score (nSPS) is 18.8. The number of aliphatic hydroxyl groups is 1. The van der Waals surface area contributed by atoms with Gasteiger partial charge in [0.15, 0.2) is 5.69 Å². The molecule has 2 aromatic heterocycles. The van der Waals surface area contributed by atoms with Gasteiger partial charge in [0, 0.05) is 43.9 Å². The molecule has 33 heavy (non-hydrogen) atoms. The number of amides is 1. The molecule has 1 fully saturated rings. The fourth-order valence-electron chi connectivity index (χ4n) is 4.84. The summed E-state index contributed by atoms with van der Waals surface area (Å²) in [5, 5.41) is 14.9. The van der Waals surface area contributed by atoms with Crippen molar-refractivity contribution in [3.8, 4) is 5.75 Å². The van der Waals surface area contributed by atoms with Crippen LogP contribution in [0, 0.1) is 0 Å². The van der Waals surface area contributed by atoms with Crippen molar-refractivity contribution < 1.29 is 19.1 Å². The molecule has 1 saturated heterocycles. The maximum atomic E-state index is 13.5. The number of methoxy groups -OCH3 is 1. The summed E-state index contributed by atoms with van der Waals surface area (Å²) in [6.07, 6.45) is 3.58. The van der Waals surface area contributed by atoms with Gasteiger partial charge in [-0.05, 0) is 42.7 Å². The maximum absolute atomic E-state index is 13.5. The van der Waals surface area contributed by atoms with Crippen LogP contribution in [-0.2, 0) is 26.1 Å². The number of nitrogens with zero attached hydrogens (tertiary/aromatic N) is 4. The molecule has 1 N–H and O–H groups in total. The fourth-order valence-corrected chi connectivity index (χ4v) is 4.84. The number of benzene rings is 1. The van der Waals surface area contributed by atoms with Gasteiger partial charge in [0.25, 0.3) is 5.91 Å². The average molecular weight is 451 g/mol. The first-order valence-electron chi connectivity index (χ1n) is 11.5. The lowest BCUT2D eigenvalue weighted by Gasteiger charge is -2.30. The molecule has 0 aliphatic carbocycles. The van der Waals surface area contributed by atoms with Crippen molar-refractivity contribution in [3.63, 3.8) is 0 Å². The molecule has 1 aromatic carbocycles. The molecule has 2 aliphatic heterocycles.